The van der Waals surface area contributed by atoms with Crippen molar-refractivity contribution in [3.8, 4) is 0 Å². The van der Waals surface area contributed by atoms with E-state index in [0.717, 1.165) is 5.69 Å². The summed E-state index contributed by atoms with van der Waals surface area (Å²) in [5, 5.41) is 9.29. The number of anilines is 1. The summed E-state index contributed by atoms with van der Waals surface area (Å²) in [4.78, 5) is 23.3. The van der Waals surface area contributed by atoms with Crippen LogP contribution in [0.15, 0.2) is 35.8 Å². The molecule has 0 atom stereocenters. The van der Waals surface area contributed by atoms with Crippen LogP contribution in [0.3, 0.4) is 0 Å². The van der Waals surface area contributed by atoms with Gasteiger partial charge in [-0.05, 0) is 6.07 Å². The Balaban J connectivity index is 1.81. The van der Waals surface area contributed by atoms with Crippen LogP contribution < -0.4 is 11.0 Å². The highest BCUT2D eigenvalue weighted by molar-refractivity contribution is 5.48. The van der Waals surface area contributed by atoms with Crippen LogP contribution >= 0.6 is 0 Å². The Hall–Kier alpha value is -2.77. The molecule has 0 saturated carbocycles. The van der Waals surface area contributed by atoms with E-state index in [2.05, 4.69) is 30.5 Å². The summed E-state index contributed by atoms with van der Waals surface area (Å²) in [6.45, 7) is 0.528. The Labute approximate surface area is 101 Å². The van der Waals surface area contributed by atoms with Crippen LogP contribution in [0.2, 0.25) is 0 Å². The Bertz CT molecular complexity index is 718. The number of rotatable bonds is 3. The van der Waals surface area contributed by atoms with Crippen molar-refractivity contribution in [2.75, 3.05) is 5.32 Å². The van der Waals surface area contributed by atoms with Gasteiger partial charge in [-0.2, -0.15) is 5.10 Å². The number of nitrogens with zero attached hydrogens (tertiary/aromatic N) is 5. The lowest BCUT2D eigenvalue weighted by molar-refractivity contribution is 0.972. The second kappa shape index (κ2) is 4.24. The van der Waals surface area contributed by atoms with Gasteiger partial charge < -0.3 is 5.32 Å². The first-order chi connectivity index (χ1) is 8.83. The second-order valence-electron chi connectivity index (χ2n) is 3.59. The van der Waals surface area contributed by atoms with Gasteiger partial charge in [-0.1, -0.05) is 0 Å². The lowest BCUT2D eigenvalue weighted by Gasteiger charge is -2.04. The molecular formula is C10H9N7O. The Kier molecular flexibility index (Phi) is 2.45. The van der Waals surface area contributed by atoms with Gasteiger partial charge in [0.2, 0.25) is 0 Å². The fraction of sp³-hybridized carbons (Fsp3) is 0.100. The lowest BCUT2D eigenvalue weighted by Crippen LogP contribution is -2.10. The molecule has 0 amide bonds. The molecule has 8 nitrogen and oxygen atoms in total. The maximum atomic E-state index is 11.2. The van der Waals surface area contributed by atoms with Crippen LogP contribution in [0, 0.1) is 0 Å². The summed E-state index contributed by atoms with van der Waals surface area (Å²) in [5.74, 6) is 0.625. The Morgan fingerprint density at radius 2 is 2.33 bits per heavy atom. The van der Waals surface area contributed by atoms with Gasteiger partial charge >= 0.3 is 5.69 Å². The molecular weight excluding hydrogens is 234 g/mol. The summed E-state index contributed by atoms with van der Waals surface area (Å²) in [5.41, 5.74) is 1.06. The van der Waals surface area contributed by atoms with Crippen LogP contribution in [0.5, 0.6) is 0 Å². The maximum absolute atomic E-state index is 11.2. The van der Waals surface area contributed by atoms with Gasteiger partial charge in [0.25, 0.3) is 0 Å². The van der Waals surface area contributed by atoms with E-state index in [1.54, 1.807) is 12.3 Å². The predicted molar refractivity (Wildman–Crippen MR) is 63.0 cm³/mol. The fourth-order valence-corrected chi connectivity index (χ4v) is 1.51. The van der Waals surface area contributed by atoms with Crippen molar-refractivity contribution < 1.29 is 0 Å². The summed E-state index contributed by atoms with van der Waals surface area (Å²) in [6.07, 6.45) is 4.58. The first kappa shape index (κ1) is 10.4. The topological polar surface area (TPSA) is 101 Å². The average Bonchev–Trinajstić information content (AvgIpc) is 2.79. The molecule has 0 unspecified atom stereocenters. The molecule has 0 aliphatic heterocycles. The standard InChI is InChI=1S/C10H9N7O/c18-10-16-15-9-3-8(14-6-17(9)10)12-4-7-1-2-11-5-13-7/h1-3,5-6,12H,4H2,(H,16,18). The third kappa shape index (κ3) is 1.90. The molecule has 0 aromatic carbocycles. The number of aromatic nitrogens is 6. The van der Waals surface area contributed by atoms with E-state index >= 15 is 0 Å². The molecule has 0 radical (unpaired) electrons. The highest BCUT2D eigenvalue weighted by atomic mass is 16.1. The molecule has 2 N–H and O–H groups in total. The molecule has 0 aliphatic carbocycles. The first-order valence-electron chi connectivity index (χ1n) is 5.24. The van der Waals surface area contributed by atoms with E-state index in [-0.39, 0.29) is 5.69 Å². The van der Waals surface area contributed by atoms with Gasteiger partial charge in [0.05, 0.1) is 12.2 Å². The number of aromatic amines is 1. The average molecular weight is 243 g/mol. The molecule has 0 saturated heterocycles. The molecule has 0 spiro atoms. The molecule has 8 heteroatoms. The number of hydrogen-bond acceptors (Lipinski definition) is 6. The molecule has 90 valence electrons. The third-order valence-electron chi connectivity index (χ3n) is 2.40. The fourth-order valence-electron chi connectivity index (χ4n) is 1.51. The minimum absolute atomic E-state index is 0.306. The van der Waals surface area contributed by atoms with Crippen LogP contribution in [-0.4, -0.2) is 29.5 Å². The van der Waals surface area contributed by atoms with Gasteiger partial charge in [-0.3, -0.25) is 0 Å². The predicted octanol–water partition coefficient (Wildman–Crippen LogP) is -0.180. The molecule has 0 aliphatic rings. The summed E-state index contributed by atoms with van der Waals surface area (Å²) < 4.78 is 1.33. The SMILES string of the molecule is O=c1[nH]nc2cc(NCc3ccncn3)ncn12. The largest absolute Gasteiger partial charge is 0.364 e. The Morgan fingerprint density at radius 1 is 1.39 bits per heavy atom. The van der Waals surface area contributed by atoms with Crippen LogP contribution in [0.4, 0.5) is 5.82 Å². The maximum Gasteiger partial charge on any atom is 0.348 e. The van der Waals surface area contributed by atoms with E-state index in [0.29, 0.717) is 18.0 Å². The zero-order chi connectivity index (χ0) is 12.4. The zero-order valence-electron chi connectivity index (χ0n) is 9.24. The van der Waals surface area contributed by atoms with Crippen molar-refractivity contribution in [3.63, 3.8) is 0 Å². The minimum atomic E-state index is -0.306. The van der Waals surface area contributed by atoms with Gasteiger partial charge in [-0.25, -0.2) is 29.2 Å². The number of fused-ring (bicyclic) bond motifs is 1. The van der Waals surface area contributed by atoms with Crippen molar-refractivity contribution in [2.45, 2.75) is 6.54 Å². The molecule has 0 fully saturated rings. The molecule has 0 bridgehead atoms. The van der Waals surface area contributed by atoms with Gasteiger partial charge in [-0.15, -0.1) is 0 Å². The summed E-state index contributed by atoms with van der Waals surface area (Å²) >= 11 is 0. The minimum Gasteiger partial charge on any atom is -0.364 e. The number of nitrogens with one attached hydrogen (secondary N) is 2. The van der Waals surface area contributed by atoms with E-state index in [9.17, 15) is 4.79 Å². The summed E-state index contributed by atoms with van der Waals surface area (Å²) in [6, 6.07) is 3.49. The highest BCUT2D eigenvalue weighted by Crippen LogP contribution is 2.05. The van der Waals surface area contributed by atoms with E-state index in [1.165, 1.54) is 17.1 Å². The van der Waals surface area contributed by atoms with Crippen molar-refractivity contribution in [1.29, 1.82) is 0 Å². The monoisotopic (exact) mass is 243 g/mol. The molecule has 3 aromatic rings. The second-order valence-corrected chi connectivity index (χ2v) is 3.59. The van der Waals surface area contributed by atoms with E-state index in [1.807, 2.05) is 6.07 Å². The summed E-state index contributed by atoms with van der Waals surface area (Å²) in [7, 11) is 0. The smallest absolute Gasteiger partial charge is 0.348 e. The van der Waals surface area contributed by atoms with Gasteiger partial charge in [0, 0.05) is 12.3 Å². The molecule has 18 heavy (non-hydrogen) atoms. The van der Waals surface area contributed by atoms with Crippen LogP contribution in [0.25, 0.3) is 5.65 Å². The normalized spacial score (nSPS) is 10.7. The van der Waals surface area contributed by atoms with Gasteiger partial charge in [0.1, 0.15) is 18.5 Å². The first-order valence-corrected chi connectivity index (χ1v) is 5.24. The van der Waals surface area contributed by atoms with Crippen LogP contribution in [0.1, 0.15) is 5.69 Å². The molecule has 3 rings (SSSR count). The van der Waals surface area contributed by atoms with Crippen molar-refractivity contribution in [3.05, 3.63) is 47.2 Å². The lowest BCUT2D eigenvalue weighted by atomic mass is 10.4. The van der Waals surface area contributed by atoms with Crippen molar-refractivity contribution in [1.82, 2.24) is 29.5 Å². The van der Waals surface area contributed by atoms with E-state index < -0.39 is 0 Å². The number of H-pyrrole nitrogens is 1. The molecule has 3 aromatic heterocycles. The Morgan fingerprint density at radius 3 is 3.17 bits per heavy atom. The zero-order valence-corrected chi connectivity index (χ0v) is 9.24. The molecule has 3 heterocycles. The quantitative estimate of drug-likeness (QED) is 0.661. The number of hydrogen-bond donors (Lipinski definition) is 2. The van der Waals surface area contributed by atoms with Crippen molar-refractivity contribution >= 4 is 11.5 Å². The van der Waals surface area contributed by atoms with Crippen molar-refractivity contribution in [2.24, 2.45) is 0 Å². The third-order valence-corrected chi connectivity index (χ3v) is 2.40. The van der Waals surface area contributed by atoms with Gasteiger partial charge in [0.15, 0.2) is 5.65 Å². The van der Waals surface area contributed by atoms with Crippen LogP contribution in [-0.2, 0) is 6.54 Å². The highest BCUT2D eigenvalue weighted by Gasteiger charge is 2.02. The van der Waals surface area contributed by atoms with E-state index in [4.69, 9.17) is 0 Å².